The maximum absolute atomic E-state index is 12.1. The van der Waals surface area contributed by atoms with Crippen LogP contribution in [0.15, 0.2) is 40.6 Å². The van der Waals surface area contributed by atoms with E-state index in [1.54, 1.807) is 0 Å². The van der Waals surface area contributed by atoms with Gasteiger partial charge in [0.05, 0.1) is 11.4 Å². The molecule has 21 heavy (non-hydrogen) atoms. The van der Waals surface area contributed by atoms with Crippen molar-refractivity contribution in [3.05, 3.63) is 51.2 Å². The van der Waals surface area contributed by atoms with Crippen molar-refractivity contribution in [1.29, 1.82) is 0 Å². The lowest BCUT2D eigenvalue weighted by molar-refractivity contribution is -0.118. The van der Waals surface area contributed by atoms with Gasteiger partial charge in [-0.1, -0.05) is 11.6 Å². The quantitative estimate of drug-likeness (QED) is 0.908. The zero-order chi connectivity index (χ0) is 15.5. The minimum atomic E-state index is -3.64. The zero-order valence-electron chi connectivity index (χ0n) is 11.3. The Labute approximate surface area is 132 Å². The van der Waals surface area contributed by atoms with Gasteiger partial charge in [0.15, 0.2) is 9.84 Å². The van der Waals surface area contributed by atoms with Gasteiger partial charge in [0.2, 0.25) is 5.91 Å². The van der Waals surface area contributed by atoms with Crippen LogP contribution in [0.2, 0.25) is 5.02 Å². The summed E-state index contributed by atoms with van der Waals surface area (Å²) >= 11 is 7.24. The predicted octanol–water partition coefficient (Wildman–Crippen LogP) is 2.80. The first-order valence-electron chi connectivity index (χ1n) is 6.16. The molecule has 2 rings (SSSR count). The summed E-state index contributed by atoms with van der Waals surface area (Å²) < 4.78 is 24.2. The molecule has 0 spiro atoms. The number of aryl methyl sites for hydroxylation is 1. The fourth-order valence-electron chi connectivity index (χ4n) is 1.71. The van der Waals surface area contributed by atoms with E-state index in [1.807, 2.05) is 18.4 Å². The van der Waals surface area contributed by atoms with Gasteiger partial charge in [-0.3, -0.25) is 4.79 Å². The molecule has 1 amide bonds. The third kappa shape index (κ3) is 4.30. The van der Waals surface area contributed by atoms with Gasteiger partial charge >= 0.3 is 0 Å². The van der Waals surface area contributed by atoms with Crippen LogP contribution in [0.25, 0.3) is 0 Å². The first kappa shape index (κ1) is 16.0. The summed E-state index contributed by atoms with van der Waals surface area (Å²) in [5, 5.41) is 5.01. The Hall–Kier alpha value is -1.37. The molecule has 7 heteroatoms. The number of benzene rings is 1. The highest BCUT2D eigenvalue weighted by molar-refractivity contribution is 7.92. The van der Waals surface area contributed by atoms with Crippen LogP contribution in [-0.2, 0) is 21.2 Å². The van der Waals surface area contributed by atoms with Crippen LogP contribution in [0.4, 0.5) is 0 Å². The molecular formula is C14H14ClNO3S2. The van der Waals surface area contributed by atoms with Crippen molar-refractivity contribution in [3.63, 3.8) is 0 Å². The Morgan fingerprint density at radius 3 is 2.48 bits per heavy atom. The molecule has 0 radical (unpaired) electrons. The molecule has 0 atom stereocenters. The largest absolute Gasteiger partial charge is 0.350 e. The van der Waals surface area contributed by atoms with Gasteiger partial charge in [0, 0.05) is 9.90 Å². The maximum atomic E-state index is 12.1. The molecule has 0 aliphatic carbocycles. The third-order valence-corrected chi connectivity index (χ3v) is 5.82. The Balaban J connectivity index is 1.98. The van der Waals surface area contributed by atoms with Gasteiger partial charge in [-0.25, -0.2) is 8.42 Å². The van der Waals surface area contributed by atoms with Crippen LogP contribution in [0.1, 0.15) is 10.4 Å². The number of hydrogen-bond donors (Lipinski definition) is 1. The lowest BCUT2D eigenvalue weighted by Gasteiger charge is -2.06. The van der Waals surface area contributed by atoms with E-state index in [-0.39, 0.29) is 4.90 Å². The van der Waals surface area contributed by atoms with Crippen LogP contribution < -0.4 is 5.32 Å². The van der Waals surface area contributed by atoms with Crippen molar-refractivity contribution in [2.45, 2.75) is 18.4 Å². The number of rotatable bonds is 5. The van der Waals surface area contributed by atoms with Crippen molar-refractivity contribution in [3.8, 4) is 0 Å². The van der Waals surface area contributed by atoms with Crippen LogP contribution in [0, 0.1) is 6.92 Å². The summed E-state index contributed by atoms with van der Waals surface area (Å²) in [7, 11) is -3.64. The lowest BCUT2D eigenvalue weighted by atomic mass is 10.3. The molecule has 112 valence electrons. The van der Waals surface area contributed by atoms with Gasteiger partial charge in [-0.15, -0.1) is 11.3 Å². The number of nitrogens with one attached hydrogen (secondary N) is 1. The Morgan fingerprint density at radius 1 is 1.24 bits per heavy atom. The minimum absolute atomic E-state index is 0.0920. The molecule has 1 aromatic heterocycles. The molecular weight excluding hydrogens is 330 g/mol. The molecule has 0 fully saturated rings. The molecule has 1 aromatic carbocycles. The monoisotopic (exact) mass is 343 g/mol. The summed E-state index contributed by atoms with van der Waals surface area (Å²) in [6, 6.07) is 7.72. The summed E-state index contributed by atoms with van der Waals surface area (Å²) in [6.07, 6.45) is 0. The van der Waals surface area contributed by atoms with Crippen LogP contribution >= 0.6 is 22.9 Å². The molecule has 1 heterocycles. The Kier molecular flexibility index (Phi) is 5.03. The molecule has 2 aromatic rings. The van der Waals surface area contributed by atoms with E-state index in [2.05, 4.69) is 5.32 Å². The second kappa shape index (κ2) is 6.60. The predicted molar refractivity (Wildman–Crippen MR) is 84.4 cm³/mol. The van der Waals surface area contributed by atoms with E-state index in [0.717, 1.165) is 10.4 Å². The van der Waals surface area contributed by atoms with Gasteiger partial charge in [-0.05, 0) is 48.2 Å². The molecule has 0 saturated heterocycles. The Bertz CT molecular complexity index is 736. The van der Waals surface area contributed by atoms with Crippen LogP contribution in [0.3, 0.4) is 0 Å². The second-order valence-electron chi connectivity index (χ2n) is 4.52. The number of amides is 1. The number of hydrogen-bond acceptors (Lipinski definition) is 4. The van der Waals surface area contributed by atoms with E-state index in [4.69, 9.17) is 11.6 Å². The van der Waals surface area contributed by atoms with Gasteiger partial charge in [0.1, 0.15) is 5.75 Å². The van der Waals surface area contributed by atoms with Crippen molar-refractivity contribution >= 4 is 38.7 Å². The van der Waals surface area contributed by atoms with E-state index >= 15 is 0 Å². The van der Waals surface area contributed by atoms with E-state index in [1.165, 1.54) is 35.6 Å². The van der Waals surface area contributed by atoms with Crippen molar-refractivity contribution < 1.29 is 13.2 Å². The standard InChI is InChI=1S/C14H14ClNO3S2/c1-10-6-7-20-13(10)8-16-14(17)9-21(18,19)12-4-2-11(15)3-5-12/h2-7H,8-9H2,1H3,(H,16,17). The highest BCUT2D eigenvalue weighted by Crippen LogP contribution is 2.16. The second-order valence-corrected chi connectivity index (χ2v) is 7.94. The van der Waals surface area contributed by atoms with E-state index < -0.39 is 21.5 Å². The van der Waals surface area contributed by atoms with E-state index in [0.29, 0.717) is 11.6 Å². The molecule has 4 nitrogen and oxygen atoms in total. The maximum Gasteiger partial charge on any atom is 0.235 e. The molecule has 0 aliphatic heterocycles. The van der Waals surface area contributed by atoms with E-state index in [9.17, 15) is 13.2 Å². The first-order valence-corrected chi connectivity index (χ1v) is 9.07. The van der Waals surface area contributed by atoms with Crippen molar-refractivity contribution in [2.24, 2.45) is 0 Å². The lowest BCUT2D eigenvalue weighted by Crippen LogP contribution is -2.29. The molecule has 0 aliphatic rings. The zero-order valence-corrected chi connectivity index (χ0v) is 13.7. The normalized spacial score (nSPS) is 11.3. The number of carbonyl (C=O) groups excluding carboxylic acids is 1. The summed E-state index contributed by atoms with van der Waals surface area (Å²) in [5.74, 6) is -1.09. The third-order valence-electron chi connectivity index (χ3n) is 2.91. The summed E-state index contributed by atoms with van der Waals surface area (Å²) in [5.41, 5.74) is 1.08. The molecule has 0 saturated carbocycles. The van der Waals surface area contributed by atoms with Gasteiger partial charge in [-0.2, -0.15) is 0 Å². The van der Waals surface area contributed by atoms with Gasteiger partial charge in [0.25, 0.3) is 0 Å². The Morgan fingerprint density at radius 2 is 1.90 bits per heavy atom. The summed E-state index contributed by atoms with van der Waals surface area (Å²) in [6.45, 7) is 2.29. The first-order chi connectivity index (χ1) is 9.88. The van der Waals surface area contributed by atoms with Crippen LogP contribution in [0.5, 0.6) is 0 Å². The van der Waals surface area contributed by atoms with Crippen LogP contribution in [-0.4, -0.2) is 20.1 Å². The fourth-order valence-corrected chi connectivity index (χ4v) is 3.85. The topological polar surface area (TPSA) is 63.2 Å². The number of halogens is 1. The number of carbonyl (C=O) groups is 1. The molecule has 1 N–H and O–H groups in total. The number of thiophene rings is 1. The highest BCUT2D eigenvalue weighted by atomic mass is 35.5. The number of sulfone groups is 1. The summed E-state index contributed by atoms with van der Waals surface area (Å²) in [4.78, 5) is 12.9. The fraction of sp³-hybridized carbons (Fsp3) is 0.214. The average Bonchev–Trinajstić information content (AvgIpc) is 2.82. The smallest absolute Gasteiger partial charge is 0.235 e. The average molecular weight is 344 g/mol. The SMILES string of the molecule is Cc1ccsc1CNC(=O)CS(=O)(=O)c1ccc(Cl)cc1. The van der Waals surface area contributed by atoms with Crippen molar-refractivity contribution in [2.75, 3.05) is 5.75 Å². The highest BCUT2D eigenvalue weighted by Gasteiger charge is 2.19. The minimum Gasteiger partial charge on any atom is -0.350 e. The van der Waals surface area contributed by atoms with Crippen molar-refractivity contribution in [1.82, 2.24) is 5.32 Å². The molecule has 0 unspecified atom stereocenters. The van der Waals surface area contributed by atoms with Gasteiger partial charge < -0.3 is 5.32 Å². The molecule has 0 bridgehead atoms.